The summed E-state index contributed by atoms with van der Waals surface area (Å²) in [5.74, 6) is 0.301. The molecule has 27 heavy (non-hydrogen) atoms. The van der Waals surface area contributed by atoms with E-state index < -0.39 is 11.0 Å². The molecule has 7 nitrogen and oxygen atoms in total. The van der Waals surface area contributed by atoms with Crippen LogP contribution in [0.3, 0.4) is 0 Å². The van der Waals surface area contributed by atoms with E-state index in [-0.39, 0.29) is 17.2 Å². The van der Waals surface area contributed by atoms with Gasteiger partial charge in [0, 0.05) is 30.3 Å². The Kier molecular flexibility index (Phi) is 5.74. The number of nitro benzene ring substituents is 1. The zero-order chi connectivity index (χ0) is 19.6. The van der Waals surface area contributed by atoms with Gasteiger partial charge in [0.2, 0.25) is 0 Å². The van der Waals surface area contributed by atoms with Crippen molar-refractivity contribution in [2.45, 2.75) is 45.6 Å². The van der Waals surface area contributed by atoms with Crippen LogP contribution in [0.1, 0.15) is 51.1 Å². The predicted octanol–water partition coefficient (Wildman–Crippen LogP) is 3.64. The number of Topliss-reactive ketones (excluding diaryl/α,β-unsaturated/α-hetero) is 1. The number of allylic oxidation sites excluding steroid dienone is 1. The lowest BCUT2D eigenvalue weighted by Crippen LogP contribution is -2.49. The number of thiocarbonyl (C=S) groups is 1. The number of carbonyl (C=O) groups is 1. The summed E-state index contributed by atoms with van der Waals surface area (Å²) >= 11 is 5.54. The van der Waals surface area contributed by atoms with Crippen molar-refractivity contribution in [2.75, 3.05) is 13.2 Å². The Morgan fingerprint density at radius 1 is 1.37 bits per heavy atom. The molecule has 0 amide bonds. The fourth-order valence-corrected chi connectivity index (χ4v) is 4.01. The number of ether oxygens (including phenoxy) is 1. The second-order valence-electron chi connectivity index (χ2n) is 6.59. The summed E-state index contributed by atoms with van der Waals surface area (Å²) < 4.78 is 5.36. The molecule has 1 heterocycles. The SMILES string of the molecule is CCCN1C(=S)NC(c2ccc(OCC)c([N+](=O)[O-])c2)C2=C1CCCC2=O. The lowest BCUT2D eigenvalue weighted by molar-refractivity contribution is -0.385. The number of nitrogens with zero attached hydrogens (tertiary/aromatic N) is 2. The number of hydrogen-bond donors (Lipinski definition) is 1. The topological polar surface area (TPSA) is 84.7 Å². The Morgan fingerprint density at radius 3 is 2.81 bits per heavy atom. The van der Waals surface area contributed by atoms with E-state index in [0.717, 1.165) is 31.5 Å². The molecule has 1 aliphatic heterocycles. The third kappa shape index (κ3) is 3.66. The minimum absolute atomic E-state index is 0.0777. The van der Waals surface area contributed by atoms with Gasteiger partial charge in [-0.3, -0.25) is 14.9 Å². The van der Waals surface area contributed by atoms with Crippen LogP contribution in [0.5, 0.6) is 5.75 Å². The molecule has 1 aromatic rings. The molecule has 1 aromatic carbocycles. The quantitative estimate of drug-likeness (QED) is 0.452. The zero-order valence-corrected chi connectivity index (χ0v) is 16.3. The maximum absolute atomic E-state index is 12.7. The monoisotopic (exact) mass is 389 g/mol. The van der Waals surface area contributed by atoms with E-state index in [1.165, 1.54) is 6.07 Å². The molecule has 0 spiro atoms. The van der Waals surface area contributed by atoms with E-state index in [4.69, 9.17) is 17.0 Å². The zero-order valence-electron chi connectivity index (χ0n) is 15.5. The largest absolute Gasteiger partial charge is 0.487 e. The van der Waals surface area contributed by atoms with Crippen LogP contribution in [-0.2, 0) is 4.79 Å². The Hall–Kier alpha value is -2.48. The second-order valence-corrected chi connectivity index (χ2v) is 6.98. The summed E-state index contributed by atoms with van der Waals surface area (Å²) in [6.45, 7) is 4.92. The number of ketones is 1. The van der Waals surface area contributed by atoms with Gasteiger partial charge in [0.15, 0.2) is 16.6 Å². The highest BCUT2D eigenvalue weighted by atomic mass is 32.1. The van der Waals surface area contributed by atoms with Gasteiger partial charge in [-0.2, -0.15) is 0 Å². The third-order valence-electron chi connectivity index (χ3n) is 4.82. The van der Waals surface area contributed by atoms with Crippen molar-refractivity contribution in [1.29, 1.82) is 0 Å². The van der Waals surface area contributed by atoms with E-state index in [0.29, 0.717) is 29.3 Å². The van der Waals surface area contributed by atoms with E-state index in [9.17, 15) is 14.9 Å². The summed E-state index contributed by atoms with van der Waals surface area (Å²) in [5, 5.41) is 15.3. The molecule has 1 aliphatic carbocycles. The van der Waals surface area contributed by atoms with Gasteiger partial charge in [0.25, 0.3) is 0 Å². The van der Waals surface area contributed by atoms with Crippen molar-refractivity contribution in [2.24, 2.45) is 0 Å². The molecule has 144 valence electrons. The summed E-state index contributed by atoms with van der Waals surface area (Å²) in [7, 11) is 0. The Morgan fingerprint density at radius 2 is 2.15 bits per heavy atom. The molecular weight excluding hydrogens is 366 g/mol. The van der Waals surface area contributed by atoms with Crippen LogP contribution in [0.15, 0.2) is 29.5 Å². The van der Waals surface area contributed by atoms with Gasteiger partial charge in [0.1, 0.15) is 0 Å². The first-order valence-electron chi connectivity index (χ1n) is 9.23. The van der Waals surface area contributed by atoms with Gasteiger partial charge in [0.05, 0.1) is 17.6 Å². The van der Waals surface area contributed by atoms with Crippen LogP contribution in [0, 0.1) is 10.1 Å². The molecule has 0 saturated carbocycles. The molecule has 0 radical (unpaired) electrons. The highest BCUT2D eigenvalue weighted by Gasteiger charge is 2.37. The van der Waals surface area contributed by atoms with Gasteiger partial charge in [-0.15, -0.1) is 0 Å². The summed E-state index contributed by atoms with van der Waals surface area (Å²) in [5.41, 5.74) is 2.18. The molecule has 0 fully saturated rings. The van der Waals surface area contributed by atoms with Gasteiger partial charge >= 0.3 is 5.69 Å². The average Bonchev–Trinajstić information content (AvgIpc) is 2.64. The maximum Gasteiger partial charge on any atom is 0.311 e. The predicted molar refractivity (Wildman–Crippen MR) is 106 cm³/mol. The Bertz CT molecular complexity index is 821. The number of carbonyl (C=O) groups excluding carboxylic acids is 1. The fraction of sp³-hybridized carbons (Fsp3) is 0.474. The molecule has 1 atom stereocenters. The standard InChI is InChI=1S/C19H23N3O4S/c1-3-10-21-13-6-5-7-15(23)17(13)18(20-19(21)27)12-8-9-16(26-4-2)14(11-12)22(24)25/h8-9,11,18H,3-7,10H2,1-2H3,(H,20,27). The van der Waals surface area contributed by atoms with Crippen LogP contribution < -0.4 is 10.1 Å². The highest BCUT2D eigenvalue weighted by molar-refractivity contribution is 7.80. The molecule has 8 heteroatoms. The minimum Gasteiger partial charge on any atom is -0.487 e. The van der Waals surface area contributed by atoms with Gasteiger partial charge in [-0.05, 0) is 50.0 Å². The normalized spacial score (nSPS) is 19.6. The summed E-state index contributed by atoms with van der Waals surface area (Å²) in [6.07, 6.45) is 2.99. The fourth-order valence-electron chi connectivity index (χ4n) is 3.70. The average molecular weight is 389 g/mol. The van der Waals surface area contributed by atoms with Crippen LogP contribution in [0.4, 0.5) is 5.69 Å². The van der Waals surface area contributed by atoms with Gasteiger partial charge < -0.3 is 15.0 Å². The van der Waals surface area contributed by atoms with Crippen LogP contribution in [-0.4, -0.2) is 33.9 Å². The first-order chi connectivity index (χ1) is 13.0. The highest BCUT2D eigenvalue weighted by Crippen LogP contribution is 2.39. The van der Waals surface area contributed by atoms with Crippen molar-refractivity contribution >= 4 is 28.8 Å². The molecule has 2 aliphatic rings. The first kappa shape index (κ1) is 19.3. The first-order valence-corrected chi connectivity index (χ1v) is 9.64. The maximum atomic E-state index is 12.7. The van der Waals surface area contributed by atoms with Crippen molar-refractivity contribution in [1.82, 2.24) is 10.2 Å². The van der Waals surface area contributed by atoms with E-state index >= 15 is 0 Å². The molecule has 0 bridgehead atoms. The van der Waals surface area contributed by atoms with Crippen molar-refractivity contribution in [3.05, 3.63) is 45.1 Å². The van der Waals surface area contributed by atoms with Crippen LogP contribution in [0.25, 0.3) is 0 Å². The van der Waals surface area contributed by atoms with E-state index in [1.54, 1.807) is 19.1 Å². The number of rotatable bonds is 6. The number of nitrogens with one attached hydrogen (secondary N) is 1. The third-order valence-corrected chi connectivity index (χ3v) is 5.15. The molecule has 3 rings (SSSR count). The molecule has 1 unspecified atom stereocenters. The van der Waals surface area contributed by atoms with Crippen molar-refractivity contribution in [3.8, 4) is 5.75 Å². The summed E-state index contributed by atoms with van der Waals surface area (Å²) in [6, 6.07) is 4.36. The van der Waals surface area contributed by atoms with Crippen molar-refractivity contribution < 1.29 is 14.5 Å². The molecule has 0 aromatic heterocycles. The Balaban J connectivity index is 2.09. The second kappa shape index (κ2) is 8.04. The Labute approximate surface area is 163 Å². The summed E-state index contributed by atoms with van der Waals surface area (Å²) in [4.78, 5) is 25.7. The van der Waals surface area contributed by atoms with Crippen LogP contribution >= 0.6 is 12.2 Å². The number of hydrogen-bond acceptors (Lipinski definition) is 5. The van der Waals surface area contributed by atoms with Crippen LogP contribution in [0.2, 0.25) is 0 Å². The van der Waals surface area contributed by atoms with Gasteiger partial charge in [-0.25, -0.2) is 0 Å². The minimum atomic E-state index is -0.470. The molecule has 1 N–H and O–H groups in total. The lowest BCUT2D eigenvalue weighted by Gasteiger charge is -2.40. The smallest absolute Gasteiger partial charge is 0.311 e. The number of nitro groups is 1. The van der Waals surface area contributed by atoms with Gasteiger partial charge in [-0.1, -0.05) is 13.0 Å². The molecule has 0 saturated heterocycles. The number of benzene rings is 1. The lowest BCUT2D eigenvalue weighted by atomic mass is 9.84. The van der Waals surface area contributed by atoms with E-state index in [1.807, 2.05) is 4.90 Å². The molecular formula is C19H23N3O4S. The van der Waals surface area contributed by atoms with Crippen molar-refractivity contribution in [3.63, 3.8) is 0 Å². The van der Waals surface area contributed by atoms with E-state index in [2.05, 4.69) is 12.2 Å².